The van der Waals surface area contributed by atoms with Crippen molar-refractivity contribution in [2.75, 3.05) is 43.2 Å². The Kier molecular flexibility index (Phi) is 15.8. The topological polar surface area (TPSA) is 243 Å². The van der Waals surface area contributed by atoms with Gasteiger partial charge in [0.1, 0.15) is 36.0 Å². The standard InChI is InChI=1S/C52H53N9O10/c1-59-31-36(11-23-47(59)64)35-9-14-38(15-10-35)60(39-16-12-37(13-17-39)57-44-21-8-34(28-53)30-55-44)52(68)56-29-33-6-18-40(19-7-33)70-27-26-69-25-3-24-54-46(63)32-71-43-5-2-4-41-48(43)51(67)61(50(41)66)42-20-22-45(62)58-49(42)65/h2,4-11,14-15,18-19,21,23,30-31,37,39,42H,3,12-13,16-17,20,22,24-27,29,32H2,1H3,(H,54,63)(H,55,57)(H,56,68)(H,58,62,65). The molecular formula is C52H53N9O10. The van der Waals surface area contributed by atoms with Crippen molar-refractivity contribution in [1.29, 1.82) is 5.26 Å². The van der Waals surface area contributed by atoms with Crippen LogP contribution in [0.5, 0.6) is 11.5 Å². The fraction of sp³-hybridized carbons (Fsp3) is 0.327. The van der Waals surface area contributed by atoms with E-state index in [0.29, 0.717) is 49.9 Å². The van der Waals surface area contributed by atoms with E-state index >= 15 is 0 Å². The number of nitrogens with one attached hydrogen (secondary N) is 4. The molecule has 1 unspecified atom stereocenters. The van der Waals surface area contributed by atoms with Gasteiger partial charge in [0.15, 0.2) is 6.61 Å². The van der Waals surface area contributed by atoms with Crippen molar-refractivity contribution in [3.8, 4) is 28.7 Å². The number of imide groups is 2. The van der Waals surface area contributed by atoms with Gasteiger partial charge in [0.2, 0.25) is 17.4 Å². The molecule has 1 saturated carbocycles. The molecule has 0 spiro atoms. The summed E-state index contributed by atoms with van der Waals surface area (Å²) >= 11 is 0. The molecule has 2 aliphatic heterocycles. The zero-order chi connectivity index (χ0) is 49.9. The van der Waals surface area contributed by atoms with E-state index in [-0.39, 0.29) is 60.0 Å². The maximum absolute atomic E-state index is 14.1. The number of hydrogen-bond donors (Lipinski definition) is 4. The molecule has 2 fully saturated rings. The third-order valence-electron chi connectivity index (χ3n) is 12.5. The Hall–Kier alpha value is -8.37. The summed E-state index contributed by atoms with van der Waals surface area (Å²) in [6.45, 7) is 1.13. The largest absolute Gasteiger partial charge is 0.491 e. The number of amides is 7. The Morgan fingerprint density at radius 2 is 1.61 bits per heavy atom. The molecule has 3 aliphatic rings. The van der Waals surface area contributed by atoms with Gasteiger partial charge in [-0.15, -0.1) is 0 Å². The highest BCUT2D eigenvalue weighted by atomic mass is 16.5. The Morgan fingerprint density at radius 3 is 2.32 bits per heavy atom. The molecule has 4 N–H and O–H groups in total. The van der Waals surface area contributed by atoms with Gasteiger partial charge >= 0.3 is 6.03 Å². The molecule has 19 nitrogen and oxygen atoms in total. The Labute approximate surface area is 409 Å². The maximum atomic E-state index is 14.1. The van der Waals surface area contributed by atoms with E-state index in [9.17, 15) is 33.6 Å². The summed E-state index contributed by atoms with van der Waals surface area (Å²) in [5.74, 6) is -1.63. The summed E-state index contributed by atoms with van der Waals surface area (Å²) in [6, 6.07) is 27.4. The SMILES string of the molecule is Cn1cc(-c2ccc(N(C(=O)NCc3ccc(OCCOCCCNC(=O)COc4cccc5c4C(=O)N(C4CCC(=O)NC4=O)C5=O)cc3)C3CCC(Nc4ccc(C#N)cn4)CC3)cc2)ccc1=O. The van der Waals surface area contributed by atoms with E-state index < -0.39 is 42.2 Å². The lowest BCUT2D eigenvalue weighted by molar-refractivity contribution is -0.136. The third-order valence-corrected chi connectivity index (χ3v) is 12.5. The lowest BCUT2D eigenvalue weighted by Gasteiger charge is -2.37. The predicted molar refractivity (Wildman–Crippen MR) is 259 cm³/mol. The molecule has 1 aliphatic carbocycles. The molecule has 0 bridgehead atoms. The molecule has 1 atom stereocenters. The van der Waals surface area contributed by atoms with Crippen LogP contribution >= 0.6 is 0 Å². The minimum atomic E-state index is -1.11. The highest BCUT2D eigenvalue weighted by Crippen LogP contribution is 2.34. The predicted octanol–water partition coefficient (Wildman–Crippen LogP) is 4.84. The van der Waals surface area contributed by atoms with Crippen LogP contribution in [-0.4, -0.2) is 101 Å². The number of urea groups is 1. The second kappa shape index (κ2) is 22.8. The van der Waals surface area contributed by atoms with Crippen molar-refractivity contribution in [3.05, 3.63) is 136 Å². The number of aryl methyl sites for hydroxylation is 1. The van der Waals surface area contributed by atoms with Crippen LogP contribution < -0.4 is 41.2 Å². The first-order valence-corrected chi connectivity index (χ1v) is 23.5. The normalized spacial score (nSPS) is 17.4. The maximum Gasteiger partial charge on any atom is 0.322 e. The monoisotopic (exact) mass is 963 g/mol. The number of nitriles is 1. The van der Waals surface area contributed by atoms with Gasteiger partial charge in [0.05, 0.1) is 23.3 Å². The number of piperidine rings is 1. The zero-order valence-electron chi connectivity index (χ0n) is 39.1. The van der Waals surface area contributed by atoms with E-state index in [1.54, 1.807) is 37.6 Å². The van der Waals surface area contributed by atoms with Gasteiger partial charge in [-0.1, -0.05) is 30.3 Å². The quantitative estimate of drug-likeness (QED) is 0.0641. The fourth-order valence-electron chi connectivity index (χ4n) is 8.79. The number of hydrogen-bond acceptors (Lipinski definition) is 13. The Balaban J connectivity index is 0.753. The van der Waals surface area contributed by atoms with Crippen molar-refractivity contribution < 1.29 is 43.0 Å². The van der Waals surface area contributed by atoms with Crippen molar-refractivity contribution in [1.82, 2.24) is 30.4 Å². The molecule has 4 heterocycles. The number of benzene rings is 3. The first-order valence-electron chi connectivity index (χ1n) is 23.5. The summed E-state index contributed by atoms with van der Waals surface area (Å²) in [4.78, 5) is 96.0. The van der Waals surface area contributed by atoms with Gasteiger partial charge in [-0.05, 0) is 110 Å². The van der Waals surface area contributed by atoms with E-state index in [0.717, 1.165) is 53.0 Å². The van der Waals surface area contributed by atoms with Crippen LogP contribution in [0.25, 0.3) is 11.1 Å². The van der Waals surface area contributed by atoms with Gasteiger partial charge in [0, 0.05) is 69.4 Å². The van der Waals surface area contributed by atoms with Crippen LogP contribution in [-0.2, 0) is 32.7 Å². The molecule has 7 amide bonds. The van der Waals surface area contributed by atoms with Crippen molar-refractivity contribution in [2.24, 2.45) is 7.05 Å². The molecule has 366 valence electrons. The number of ether oxygens (including phenoxy) is 3. The van der Waals surface area contributed by atoms with Gasteiger partial charge in [-0.3, -0.25) is 43.9 Å². The van der Waals surface area contributed by atoms with Gasteiger partial charge < -0.3 is 34.7 Å². The van der Waals surface area contributed by atoms with Crippen molar-refractivity contribution in [3.63, 3.8) is 0 Å². The van der Waals surface area contributed by atoms with Crippen LogP contribution in [0.4, 0.5) is 16.3 Å². The number of carbonyl (C=O) groups is 6. The number of anilines is 2. The zero-order valence-corrected chi connectivity index (χ0v) is 39.1. The van der Waals surface area contributed by atoms with Crippen molar-refractivity contribution >= 4 is 47.1 Å². The minimum absolute atomic E-state index is 0.000264. The molecular weight excluding hydrogens is 911 g/mol. The Bertz CT molecular complexity index is 2870. The van der Waals surface area contributed by atoms with Crippen LogP contribution in [0.2, 0.25) is 0 Å². The number of rotatable bonds is 19. The summed E-state index contributed by atoms with van der Waals surface area (Å²) in [6.07, 6.45) is 7.03. The highest BCUT2D eigenvalue weighted by molar-refractivity contribution is 6.24. The van der Waals surface area contributed by atoms with Gasteiger partial charge in [-0.2, -0.15) is 5.26 Å². The molecule has 8 rings (SSSR count). The van der Waals surface area contributed by atoms with Gasteiger partial charge in [-0.25, -0.2) is 9.78 Å². The van der Waals surface area contributed by atoms with E-state index in [1.165, 1.54) is 28.8 Å². The first kappa shape index (κ1) is 49.1. The molecule has 1 saturated heterocycles. The molecule has 2 aromatic heterocycles. The molecule has 5 aromatic rings. The minimum Gasteiger partial charge on any atom is -0.491 e. The number of aromatic nitrogens is 2. The molecule has 0 radical (unpaired) electrons. The second-order valence-electron chi connectivity index (χ2n) is 17.4. The van der Waals surface area contributed by atoms with E-state index in [4.69, 9.17) is 19.5 Å². The smallest absolute Gasteiger partial charge is 0.322 e. The van der Waals surface area contributed by atoms with E-state index in [1.807, 2.05) is 53.4 Å². The second-order valence-corrected chi connectivity index (χ2v) is 17.4. The summed E-state index contributed by atoms with van der Waals surface area (Å²) in [7, 11) is 1.71. The van der Waals surface area contributed by atoms with Crippen LogP contribution in [0, 0.1) is 11.3 Å². The lowest BCUT2D eigenvalue weighted by Crippen LogP contribution is -2.54. The summed E-state index contributed by atoms with van der Waals surface area (Å²) in [5.41, 5.74) is 3.88. The summed E-state index contributed by atoms with van der Waals surface area (Å²) < 4.78 is 18.7. The highest BCUT2D eigenvalue weighted by Gasteiger charge is 2.46. The van der Waals surface area contributed by atoms with Crippen molar-refractivity contribution in [2.45, 2.75) is 69.6 Å². The molecule has 3 aromatic carbocycles. The molecule has 19 heteroatoms. The lowest BCUT2D eigenvalue weighted by atomic mass is 9.89. The Morgan fingerprint density at radius 1 is 0.831 bits per heavy atom. The van der Waals surface area contributed by atoms with Crippen LogP contribution in [0.1, 0.15) is 76.8 Å². The number of pyridine rings is 2. The first-order chi connectivity index (χ1) is 34.4. The van der Waals surface area contributed by atoms with Gasteiger partial charge in [0.25, 0.3) is 17.7 Å². The number of nitrogens with zero attached hydrogens (tertiary/aromatic N) is 5. The average Bonchev–Trinajstić information content (AvgIpc) is 3.64. The third kappa shape index (κ3) is 12.1. The average molecular weight is 964 g/mol. The number of carbonyl (C=O) groups excluding carboxylic acids is 6. The van der Waals surface area contributed by atoms with E-state index in [2.05, 4.69) is 32.3 Å². The van der Waals surface area contributed by atoms with Crippen LogP contribution in [0.15, 0.2) is 108 Å². The fourth-order valence-corrected chi connectivity index (χ4v) is 8.79. The van der Waals surface area contributed by atoms with Crippen LogP contribution in [0.3, 0.4) is 0 Å². The molecule has 71 heavy (non-hydrogen) atoms. The number of fused-ring (bicyclic) bond motifs is 1. The summed E-state index contributed by atoms with van der Waals surface area (Å²) in [5, 5.41) is 20.6.